The van der Waals surface area contributed by atoms with Crippen LogP contribution in [0.1, 0.15) is 24.3 Å². The van der Waals surface area contributed by atoms with Crippen LogP contribution in [-0.2, 0) is 9.59 Å². The number of nitrogens with one attached hydrogen (secondary N) is 3. The second-order valence-electron chi connectivity index (χ2n) is 6.05. The van der Waals surface area contributed by atoms with E-state index in [1.807, 2.05) is 24.3 Å². The number of nitrogens with two attached hydrogens (primary N) is 1. The second-order valence-corrected chi connectivity index (χ2v) is 6.05. The Kier molecular flexibility index (Phi) is 5.57. The van der Waals surface area contributed by atoms with Crippen LogP contribution in [0.5, 0.6) is 0 Å². The van der Waals surface area contributed by atoms with Crippen molar-refractivity contribution in [2.75, 3.05) is 26.2 Å². The van der Waals surface area contributed by atoms with E-state index in [9.17, 15) is 9.59 Å². The molecule has 7 heteroatoms. The normalized spacial score (nSPS) is 19.1. The number of imide groups is 1. The lowest BCUT2D eigenvalue weighted by Gasteiger charge is -2.07. The summed E-state index contributed by atoms with van der Waals surface area (Å²) in [4.78, 5) is 32.0. The molecule has 5 N–H and O–H groups in total. The molecule has 1 aromatic carbocycles. The topological polar surface area (TPSA) is 112 Å². The maximum Gasteiger partial charge on any atom is 0.272 e. The Morgan fingerprint density at radius 1 is 1.16 bits per heavy atom. The molecule has 0 saturated carbocycles. The van der Waals surface area contributed by atoms with Gasteiger partial charge in [0, 0.05) is 23.6 Å². The van der Waals surface area contributed by atoms with Gasteiger partial charge in [0.15, 0.2) is 0 Å². The molecule has 132 valence electrons. The van der Waals surface area contributed by atoms with E-state index in [1.54, 1.807) is 6.20 Å². The number of hydrogen-bond donors (Lipinski definition) is 4. The third-order valence-electron chi connectivity index (χ3n) is 4.29. The lowest BCUT2D eigenvalue weighted by molar-refractivity contribution is -0.124. The zero-order chi connectivity index (χ0) is 17.6. The Bertz CT molecular complexity index is 796. The Labute approximate surface area is 146 Å². The van der Waals surface area contributed by atoms with Gasteiger partial charge in [-0.05, 0) is 44.1 Å². The number of para-hydroxylation sites is 1. The van der Waals surface area contributed by atoms with Gasteiger partial charge >= 0.3 is 0 Å². The van der Waals surface area contributed by atoms with Crippen LogP contribution in [-0.4, -0.2) is 48.7 Å². The van der Waals surface area contributed by atoms with Gasteiger partial charge in [0.2, 0.25) is 5.91 Å². The fraction of sp³-hybridized carbons (Fsp3) is 0.389. The second kappa shape index (κ2) is 8.04. The van der Waals surface area contributed by atoms with Crippen molar-refractivity contribution in [3.63, 3.8) is 0 Å². The van der Waals surface area contributed by atoms with Gasteiger partial charge in [-0.15, -0.1) is 0 Å². The standard InChI is InChI=1S/C18H23N5O2/c19-7-3-8-20-9-4-10-21-16-15(17(24)23-18(16)25)13-11-22-14-6-2-1-5-12(13)14/h1-2,5-6,11,15,20,22H,3-4,7-10,19H2,(H,23,24,25). The molecule has 1 saturated heterocycles. The molecule has 1 atom stereocenters. The molecule has 0 aliphatic carbocycles. The van der Waals surface area contributed by atoms with E-state index in [0.717, 1.165) is 42.4 Å². The molecular weight excluding hydrogens is 318 g/mol. The summed E-state index contributed by atoms with van der Waals surface area (Å²) in [5, 5.41) is 6.60. The van der Waals surface area contributed by atoms with Gasteiger partial charge < -0.3 is 16.0 Å². The van der Waals surface area contributed by atoms with Crippen molar-refractivity contribution in [3.8, 4) is 0 Å². The average molecular weight is 341 g/mol. The summed E-state index contributed by atoms with van der Waals surface area (Å²) in [7, 11) is 0. The molecule has 3 rings (SSSR count). The van der Waals surface area contributed by atoms with Crippen molar-refractivity contribution in [3.05, 3.63) is 36.0 Å². The number of aromatic amines is 1. The minimum atomic E-state index is -0.645. The highest BCUT2D eigenvalue weighted by atomic mass is 16.2. The van der Waals surface area contributed by atoms with Crippen LogP contribution in [0.15, 0.2) is 35.5 Å². The number of nitrogens with zero attached hydrogens (tertiary/aromatic N) is 1. The Hall–Kier alpha value is -2.51. The summed E-state index contributed by atoms with van der Waals surface area (Å²) in [5.74, 6) is -1.35. The number of aliphatic imine (C=N–C) groups is 1. The lowest BCUT2D eigenvalue weighted by Crippen LogP contribution is -2.22. The molecular formula is C18H23N5O2. The van der Waals surface area contributed by atoms with E-state index in [1.165, 1.54) is 0 Å². The van der Waals surface area contributed by atoms with E-state index >= 15 is 0 Å². The number of carbonyl (C=O) groups excluding carboxylic acids is 2. The number of fused-ring (bicyclic) bond motifs is 1. The fourth-order valence-electron chi connectivity index (χ4n) is 3.04. The van der Waals surface area contributed by atoms with Gasteiger partial charge in [-0.2, -0.15) is 0 Å². The fourth-order valence-corrected chi connectivity index (χ4v) is 3.04. The van der Waals surface area contributed by atoms with E-state index in [2.05, 4.69) is 20.6 Å². The Morgan fingerprint density at radius 2 is 1.96 bits per heavy atom. The van der Waals surface area contributed by atoms with Gasteiger partial charge in [-0.1, -0.05) is 18.2 Å². The van der Waals surface area contributed by atoms with Crippen LogP contribution in [0.4, 0.5) is 0 Å². The number of benzene rings is 1. The maximum atomic E-state index is 12.3. The van der Waals surface area contributed by atoms with E-state index < -0.39 is 11.8 Å². The third-order valence-corrected chi connectivity index (χ3v) is 4.29. The molecule has 1 aliphatic rings. The summed E-state index contributed by atoms with van der Waals surface area (Å²) in [6.45, 7) is 2.86. The first-order valence-electron chi connectivity index (χ1n) is 8.58. The highest BCUT2D eigenvalue weighted by Crippen LogP contribution is 2.29. The summed E-state index contributed by atoms with van der Waals surface area (Å²) >= 11 is 0. The SMILES string of the molecule is NCCCNCCCN=C1C(=O)NC(=O)C1c1c[nH]c2ccccc12. The first-order chi connectivity index (χ1) is 12.2. The first kappa shape index (κ1) is 17.3. The van der Waals surface area contributed by atoms with Crippen LogP contribution in [0.3, 0.4) is 0 Å². The van der Waals surface area contributed by atoms with Gasteiger partial charge in [0.05, 0.1) is 0 Å². The summed E-state index contributed by atoms with van der Waals surface area (Å²) in [5.41, 5.74) is 7.47. The molecule has 1 fully saturated rings. The molecule has 0 bridgehead atoms. The first-order valence-corrected chi connectivity index (χ1v) is 8.58. The van der Waals surface area contributed by atoms with Crippen LogP contribution >= 0.6 is 0 Å². The lowest BCUT2D eigenvalue weighted by atomic mass is 9.95. The third kappa shape index (κ3) is 3.78. The molecule has 2 aromatic rings. The van der Waals surface area contributed by atoms with Crippen molar-refractivity contribution >= 4 is 28.4 Å². The molecule has 1 unspecified atom stereocenters. The van der Waals surface area contributed by atoms with Gasteiger partial charge in [0.1, 0.15) is 11.6 Å². The van der Waals surface area contributed by atoms with E-state index in [0.29, 0.717) is 18.8 Å². The molecule has 2 heterocycles. The van der Waals surface area contributed by atoms with Crippen molar-refractivity contribution in [2.45, 2.75) is 18.8 Å². The number of hydrogen-bond acceptors (Lipinski definition) is 5. The monoisotopic (exact) mass is 341 g/mol. The highest BCUT2D eigenvalue weighted by molar-refractivity contribution is 6.52. The van der Waals surface area contributed by atoms with Crippen LogP contribution in [0.25, 0.3) is 10.9 Å². The van der Waals surface area contributed by atoms with Gasteiger partial charge in [0.25, 0.3) is 5.91 Å². The molecule has 0 radical (unpaired) electrons. The average Bonchev–Trinajstić information content (AvgIpc) is 3.14. The minimum Gasteiger partial charge on any atom is -0.361 e. The quantitative estimate of drug-likeness (QED) is 0.418. The van der Waals surface area contributed by atoms with Crippen molar-refractivity contribution < 1.29 is 9.59 Å². The van der Waals surface area contributed by atoms with Crippen LogP contribution < -0.4 is 16.4 Å². The largest absolute Gasteiger partial charge is 0.361 e. The van der Waals surface area contributed by atoms with E-state index in [4.69, 9.17) is 5.73 Å². The summed E-state index contributed by atoms with van der Waals surface area (Å²) in [6, 6.07) is 7.72. The van der Waals surface area contributed by atoms with Crippen molar-refractivity contribution in [1.82, 2.24) is 15.6 Å². The number of amides is 2. The van der Waals surface area contributed by atoms with Crippen molar-refractivity contribution in [2.24, 2.45) is 10.7 Å². The molecule has 2 amide bonds. The molecule has 1 aromatic heterocycles. The Balaban J connectivity index is 1.72. The minimum absolute atomic E-state index is 0.303. The predicted molar refractivity (Wildman–Crippen MR) is 97.6 cm³/mol. The van der Waals surface area contributed by atoms with Gasteiger partial charge in [-0.3, -0.25) is 19.9 Å². The molecule has 1 aliphatic heterocycles. The highest BCUT2D eigenvalue weighted by Gasteiger charge is 2.40. The van der Waals surface area contributed by atoms with Crippen LogP contribution in [0.2, 0.25) is 0 Å². The zero-order valence-electron chi connectivity index (χ0n) is 14.0. The number of rotatable bonds is 8. The van der Waals surface area contributed by atoms with Crippen molar-refractivity contribution in [1.29, 1.82) is 0 Å². The number of aromatic nitrogens is 1. The van der Waals surface area contributed by atoms with Crippen LogP contribution in [0, 0.1) is 0 Å². The Morgan fingerprint density at radius 3 is 2.80 bits per heavy atom. The summed E-state index contributed by atoms with van der Waals surface area (Å²) in [6.07, 6.45) is 3.53. The number of H-pyrrole nitrogens is 1. The number of carbonyl (C=O) groups is 2. The smallest absolute Gasteiger partial charge is 0.272 e. The maximum absolute atomic E-state index is 12.3. The van der Waals surface area contributed by atoms with E-state index in [-0.39, 0.29) is 5.91 Å². The molecule has 25 heavy (non-hydrogen) atoms. The van der Waals surface area contributed by atoms with Gasteiger partial charge in [-0.25, -0.2) is 0 Å². The molecule has 0 spiro atoms. The zero-order valence-corrected chi connectivity index (χ0v) is 14.0. The molecule has 7 nitrogen and oxygen atoms in total. The summed E-state index contributed by atoms with van der Waals surface area (Å²) < 4.78 is 0. The predicted octanol–water partition coefficient (Wildman–Crippen LogP) is 0.677.